The van der Waals surface area contributed by atoms with Crippen molar-refractivity contribution in [3.8, 4) is 10.8 Å². The molecule has 128 valence electrons. The molecular formula is C17H16N4OS3. The second kappa shape index (κ2) is 6.80. The maximum atomic E-state index is 5.63. The average Bonchev–Trinajstić information content (AvgIpc) is 3.33. The zero-order valence-electron chi connectivity index (χ0n) is 13.7. The van der Waals surface area contributed by atoms with Gasteiger partial charge in [-0.15, -0.1) is 27.8 Å². The van der Waals surface area contributed by atoms with Crippen LogP contribution in [0.1, 0.15) is 18.0 Å². The molecular weight excluding hydrogens is 372 g/mol. The lowest BCUT2D eigenvalue weighted by Crippen LogP contribution is -2.26. The predicted molar refractivity (Wildman–Crippen MR) is 104 cm³/mol. The number of aromatic nitrogens is 3. The van der Waals surface area contributed by atoms with Crippen molar-refractivity contribution in [2.75, 3.05) is 7.05 Å². The number of thiophene rings is 1. The second-order valence-corrected chi connectivity index (χ2v) is 8.10. The van der Waals surface area contributed by atoms with Gasteiger partial charge in [-0.2, -0.15) is 0 Å². The van der Waals surface area contributed by atoms with Crippen molar-refractivity contribution in [1.82, 2.24) is 19.7 Å². The van der Waals surface area contributed by atoms with E-state index >= 15 is 0 Å². The van der Waals surface area contributed by atoms with E-state index in [9.17, 15) is 0 Å². The van der Waals surface area contributed by atoms with E-state index in [4.69, 9.17) is 21.6 Å². The van der Waals surface area contributed by atoms with Crippen molar-refractivity contribution in [2.45, 2.75) is 19.6 Å². The molecule has 3 aromatic heterocycles. The molecule has 0 amide bonds. The Balaban J connectivity index is 1.55. The molecule has 0 fully saturated rings. The summed E-state index contributed by atoms with van der Waals surface area (Å²) in [5.74, 6) is 0.570. The number of para-hydroxylation sites is 1. The largest absolute Gasteiger partial charge is 0.408 e. The summed E-state index contributed by atoms with van der Waals surface area (Å²) in [5.41, 5.74) is 1.04. The van der Waals surface area contributed by atoms with E-state index in [-0.39, 0.29) is 6.04 Å². The third-order valence-corrected chi connectivity index (χ3v) is 6.38. The fourth-order valence-electron chi connectivity index (χ4n) is 2.49. The molecule has 0 N–H and O–H groups in total. The van der Waals surface area contributed by atoms with E-state index in [1.165, 1.54) is 4.70 Å². The van der Waals surface area contributed by atoms with Crippen LogP contribution in [0.3, 0.4) is 0 Å². The Kier molecular flexibility index (Phi) is 4.51. The Morgan fingerprint density at radius 1 is 1.28 bits per heavy atom. The van der Waals surface area contributed by atoms with Crippen LogP contribution in [0, 0.1) is 4.84 Å². The second-order valence-electron chi connectivity index (χ2n) is 5.74. The Bertz CT molecular complexity index is 1010. The van der Waals surface area contributed by atoms with Crippen LogP contribution in [0.5, 0.6) is 0 Å². The standard InChI is InChI=1S/C17H16N4OS3/c1-11(16-18-12-6-3-4-7-13(12)25-16)20(2)10-21-17(23)22-15(19-21)14-8-5-9-24-14/h3-9,11H,10H2,1-2H3/t11-/m0/s1. The van der Waals surface area contributed by atoms with Crippen LogP contribution >= 0.6 is 34.9 Å². The van der Waals surface area contributed by atoms with E-state index in [1.54, 1.807) is 27.4 Å². The molecule has 0 saturated carbocycles. The molecule has 3 heterocycles. The quantitative estimate of drug-likeness (QED) is 0.440. The normalized spacial score (nSPS) is 12.9. The number of thiazole rings is 1. The van der Waals surface area contributed by atoms with Gasteiger partial charge in [0.25, 0.3) is 10.7 Å². The highest BCUT2D eigenvalue weighted by Crippen LogP contribution is 2.29. The van der Waals surface area contributed by atoms with Gasteiger partial charge in [0.15, 0.2) is 0 Å². The highest BCUT2D eigenvalue weighted by Gasteiger charge is 2.18. The van der Waals surface area contributed by atoms with Crippen LogP contribution in [0.2, 0.25) is 0 Å². The van der Waals surface area contributed by atoms with Crippen LogP contribution in [0.4, 0.5) is 0 Å². The lowest BCUT2D eigenvalue weighted by molar-refractivity contribution is 0.192. The summed E-state index contributed by atoms with van der Waals surface area (Å²) >= 11 is 8.63. The minimum absolute atomic E-state index is 0.154. The van der Waals surface area contributed by atoms with Gasteiger partial charge in [0.2, 0.25) is 0 Å². The number of hydrogen-bond donors (Lipinski definition) is 0. The molecule has 0 unspecified atom stereocenters. The van der Waals surface area contributed by atoms with E-state index in [0.717, 1.165) is 15.4 Å². The van der Waals surface area contributed by atoms with Crippen molar-refractivity contribution in [3.05, 3.63) is 51.6 Å². The van der Waals surface area contributed by atoms with Gasteiger partial charge >= 0.3 is 0 Å². The van der Waals surface area contributed by atoms with Gasteiger partial charge in [-0.1, -0.05) is 18.2 Å². The molecule has 0 radical (unpaired) electrons. The number of benzene rings is 1. The minimum atomic E-state index is 0.154. The monoisotopic (exact) mass is 388 g/mol. The molecule has 8 heteroatoms. The predicted octanol–water partition coefficient (Wildman–Crippen LogP) is 5.19. The summed E-state index contributed by atoms with van der Waals surface area (Å²) < 4.78 is 8.55. The SMILES string of the molecule is C[C@@H](c1nc2ccccc2s1)N(C)Cn1nc(-c2cccs2)oc1=S. The van der Waals surface area contributed by atoms with Crippen LogP contribution < -0.4 is 0 Å². The van der Waals surface area contributed by atoms with Crippen molar-refractivity contribution >= 4 is 45.1 Å². The Hall–Kier alpha value is -1.87. The topological polar surface area (TPSA) is 47.1 Å². The number of fused-ring (bicyclic) bond motifs is 1. The van der Waals surface area contributed by atoms with Gasteiger partial charge in [0, 0.05) is 0 Å². The molecule has 4 rings (SSSR count). The van der Waals surface area contributed by atoms with E-state index in [0.29, 0.717) is 17.4 Å². The summed E-state index contributed by atoms with van der Waals surface area (Å²) in [6, 6.07) is 12.3. The zero-order chi connectivity index (χ0) is 17.4. The van der Waals surface area contributed by atoms with Crippen molar-refractivity contribution in [2.24, 2.45) is 0 Å². The minimum Gasteiger partial charge on any atom is -0.408 e. The van der Waals surface area contributed by atoms with Gasteiger partial charge in [-0.3, -0.25) is 4.90 Å². The first-order valence-electron chi connectivity index (χ1n) is 7.79. The summed E-state index contributed by atoms with van der Waals surface area (Å²) in [6.07, 6.45) is 0. The van der Waals surface area contributed by atoms with E-state index < -0.39 is 0 Å². The lowest BCUT2D eigenvalue weighted by Gasteiger charge is -2.22. The van der Waals surface area contributed by atoms with Gasteiger partial charge in [0.1, 0.15) is 5.01 Å². The van der Waals surface area contributed by atoms with E-state index in [1.807, 2.05) is 42.8 Å². The smallest absolute Gasteiger partial charge is 0.288 e. The fraction of sp³-hybridized carbons (Fsp3) is 0.235. The summed E-state index contributed by atoms with van der Waals surface area (Å²) in [6.45, 7) is 2.69. The van der Waals surface area contributed by atoms with Crippen LogP contribution in [0.25, 0.3) is 21.0 Å². The zero-order valence-corrected chi connectivity index (χ0v) is 16.2. The van der Waals surface area contributed by atoms with Gasteiger partial charge in [-0.25, -0.2) is 9.67 Å². The molecule has 1 aromatic carbocycles. The third-order valence-electron chi connectivity index (χ3n) is 4.02. The maximum Gasteiger partial charge on any atom is 0.288 e. The first-order valence-corrected chi connectivity index (χ1v) is 9.90. The summed E-state index contributed by atoms with van der Waals surface area (Å²) in [7, 11) is 2.04. The third kappa shape index (κ3) is 3.30. The summed E-state index contributed by atoms with van der Waals surface area (Å²) in [5, 5.41) is 7.58. The highest BCUT2D eigenvalue weighted by atomic mass is 32.1. The molecule has 0 aliphatic rings. The number of nitrogens with zero attached hydrogens (tertiary/aromatic N) is 4. The maximum absolute atomic E-state index is 5.63. The average molecular weight is 389 g/mol. The Labute approximate surface area is 158 Å². The van der Waals surface area contributed by atoms with Crippen molar-refractivity contribution < 1.29 is 4.42 Å². The van der Waals surface area contributed by atoms with Crippen LogP contribution in [-0.2, 0) is 6.67 Å². The molecule has 0 aliphatic carbocycles. The summed E-state index contributed by atoms with van der Waals surface area (Å²) in [4.78, 5) is 8.26. The highest BCUT2D eigenvalue weighted by molar-refractivity contribution is 7.71. The molecule has 0 bridgehead atoms. The fourth-order valence-corrected chi connectivity index (χ4v) is 4.39. The molecule has 1 atom stereocenters. The molecule has 0 saturated heterocycles. The molecule has 5 nitrogen and oxygen atoms in total. The van der Waals surface area contributed by atoms with Crippen LogP contribution in [-0.4, -0.2) is 26.7 Å². The van der Waals surface area contributed by atoms with Gasteiger partial charge in [-0.05, 0) is 49.8 Å². The van der Waals surface area contributed by atoms with Crippen molar-refractivity contribution in [1.29, 1.82) is 0 Å². The molecule has 0 aliphatic heterocycles. The van der Waals surface area contributed by atoms with Crippen LogP contribution in [0.15, 0.2) is 46.2 Å². The number of rotatable bonds is 5. The van der Waals surface area contributed by atoms with Gasteiger partial charge in [0.05, 0.1) is 27.8 Å². The van der Waals surface area contributed by atoms with E-state index in [2.05, 4.69) is 23.0 Å². The Morgan fingerprint density at radius 2 is 2.12 bits per heavy atom. The molecule has 4 aromatic rings. The Morgan fingerprint density at radius 3 is 2.88 bits per heavy atom. The molecule has 25 heavy (non-hydrogen) atoms. The molecule has 0 spiro atoms. The lowest BCUT2D eigenvalue weighted by atomic mass is 10.3. The number of hydrogen-bond acceptors (Lipinski definition) is 7. The van der Waals surface area contributed by atoms with Crippen molar-refractivity contribution in [3.63, 3.8) is 0 Å². The first kappa shape index (κ1) is 16.6. The first-order chi connectivity index (χ1) is 12.1. The van der Waals surface area contributed by atoms with Gasteiger partial charge < -0.3 is 4.42 Å².